The standard InChI is InChI=1S/C15H16ClN5O/c1-21-8-11(7-19-21)15(22)20-14(17)13(9-2-3-9)10-4-5-12(16)18-6-10/h4-9,13H,2-3H2,1H3,(H2,17,20,22). The molecule has 114 valence electrons. The van der Waals surface area contributed by atoms with E-state index in [0.29, 0.717) is 22.5 Å². The first-order chi connectivity index (χ1) is 10.5. The van der Waals surface area contributed by atoms with Gasteiger partial charge in [0, 0.05) is 25.4 Å². The van der Waals surface area contributed by atoms with Gasteiger partial charge in [-0.2, -0.15) is 10.1 Å². The van der Waals surface area contributed by atoms with Crippen molar-refractivity contribution in [2.45, 2.75) is 18.8 Å². The fraction of sp³-hybridized carbons (Fsp3) is 0.333. The van der Waals surface area contributed by atoms with Gasteiger partial charge in [-0.15, -0.1) is 0 Å². The average molecular weight is 318 g/mol. The Morgan fingerprint density at radius 2 is 2.23 bits per heavy atom. The SMILES string of the molecule is Cn1cc(C(=O)N=C(N)C(c2ccc(Cl)nc2)C2CC2)cn1. The first kappa shape index (κ1) is 14.7. The summed E-state index contributed by atoms with van der Waals surface area (Å²) in [5.74, 6) is 0.262. The van der Waals surface area contributed by atoms with E-state index in [9.17, 15) is 4.79 Å². The molecule has 0 bridgehead atoms. The highest BCUT2D eigenvalue weighted by atomic mass is 35.5. The number of pyridine rings is 1. The zero-order valence-electron chi connectivity index (χ0n) is 12.1. The quantitative estimate of drug-likeness (QED) is 0.532. The van der Waals surface area contributed by atoms with E-state index in [1.54, 1.807) is 30.2 Å². The summed E-state index contributed by atoms with van der Waals surface area (Å²) < 4.78 is 1.56. The molecule has 0 radical (unpaired) electrons. The molecule has 0 aliphatic heterocycles. The fourth-order valence-corrected chi connectivity index (χ4v) is 2.58. The second-order valence-electron chi connectivity index (χ2n) is 5.47. The van der Waals surface area contributed by atoms with Gasteiger partial charge in [0.1, 0.15) is 11.0 Å². The largest absolute Gasteiger partial charge is 0.387 e. The number of carbonyl (C=O) groups is 1. The molecule has 1 saturated carbocycles. The van der Waals surface area contributed by atoms with Crippen LogP contribution in [-0.4, -0.2) is 26.5 Å². The molecule has 2 N–H and O–H groups in total. The minimum Gasteiger partial charge on any atom is -0.387 e. The minimum atomic E-state index is -0.377. The topological polar surface area (TPSA) is 86.2 Å². The Hall–Kier alpha value is -2.21. The van der Waals surface area contributed by atoms with E-state index < -0.39 is 0 Å². The van der Waals surface area contributed by atoms with Gasteiger partial charge in [0.25, 0.3) is 5.91 Å². The maximum atomic E-state index is 12.1. The number of rotatable bonds is 4. The Balaban J connectivity index is 1.86. The van der Waals surface area contributed by atoms with E-state index in [2.05, 4.69) is 15.1 Å². The van der Waals surface area contributed by atoms with Crippen LogP contribution in [0, 0.1) is 5.92 Å². The summed E-state index contributed by atoms with van der Waals surface area (Å²) in [5.41, 5.74) is 7.48. The number of halogens is 1. The van der Waals surface area contributed by atoms with Gasteiger partial charge in [-0.1, -0.05) is 17.7 Å². The van der Waals surface area contributed by atoms with E-state index in [-0.39, 0.29) is 11.8 Å². The molecule has 2 heterocycles. The number of aryl methyl sites for hydroxylation is 1. The number of hydrogen-bond donors (Lipinski definition) is 1. The summed E-state index contributed by atoms with van der Waals surface area (Å²) in [7, 11) is 1.75. The number of hydrogen-bond acceptors (Lipinski definition) is 3. The average Bonchev–Trinajstić information content (AvgIpc) is 3.21. The third-order valence-electron chi connectivity index (χ3n) is 3.70. The van der Waals surface area contributed by atoms with Gasteiger partial charge in [-0.3, -0.25) is 9.48 Å². The van der Waals surface area contributed by atoms with Gasteiger partial charge in [0.05, 0.1) is 11.8 Å². The molecule has 22 heavy (non-hydrogen) atoms. The van der Waals surface area contributed by atoms with Crippen molar-refractivity contribution in [1.29, 1.82) is 0 Å². The van der Waals surface area contributed by atoms with Crippen molar-refractivity contribution in [1.82, 2.24) is 14.8 Å². The summed E-state index contributed by atoms with van der Waals surface area (Å²) in [4.78, 5) is 20.3. The maximum absolute atomic E-state index is 12.1. The van der Waals surface area contributed by atoms with Crippen molar-refractivity contribution in [3.63, 3.8) is 0 Å². The fourth-order valence-electron chi connectivity index (χ4n) is 2.47. The zero-order chi connectivity index (χ0) is 15.7. The molecule has 7 heteroatoms. The maximum Gasteiger partial charge on any atom is 0.281 e. The van der Waals surface area contributed by atoms with Crippen LogP contribution >= 0.6 is 11.6 Å². The lowest BCUT2D eigenvalue weighted by molar-refractivity contribution is 0.100. The normalized spacial score (nSPS) is 16.5. The number of carbonyl (C=O) groups excluding carboxylic acids is 1. The lowest BCUT2D eigenvalue weighted by Crippen LogP contribution is -2.25. The summed E-state index contributed by atoms with van der Waals surface area (Å²) in [6.07, 6.45) is 6.95. The van der Waals surface area contributed by atoms with Crippen molar-refractivity contribution in [3.8, 4) is 0 Å². The molecule has 1 atom stereocenters. The first-order valence-electron chi connectivity index (χ1n) is 7.03. The zero-order valence-corrected chi connectivity index (χ0v) is 12.9. The highest BCUT2D eigenvalue weighted by Gasteiger charge is 2.35. The molecular weight excluding hydrogens is 302 g/mol. The van der Waals surface area contributed by atoms with Crippen molar-refractivity contribution in [2.24, 2.45) is 23.7 Å². The summed E-state index contributed by atoms with van der Waals surface area (Å²) in [6.45, 7) is 0. The molecule has 1 amide bonds. The highest BCUT2D eigenvalue weighted by molar-refractivity contribution is 6.29. The Kier molecular flexibility index (Phi) is 3.94. The molecule has 6 nitrogen and oxygen atoms in total. The van der Waals surface area contributed by atoms with Crippen LogP contribution in [-0.2, 0) is 7.05 Å². The van der Waals surface area contributed by atoms with Crippen molar-refractivity contribution in [3.05, 3.63) is 47.0 Å². The number of aliphatic imine (C=N–C) groups is 1. The van der Waals surface area contributed by atoms with Crippen molar-refractivity contribution in [2.75, 3.05) is 0 Å². The van der Waals surface area contributed by atoms with Crippen molar-refractivity contribution >= 4 is 23.3 Å². The molecule has 2 aromatic heterocycles. The Bertz CT molecular complexity index is 718. The van der Waals surface area contributed by atoms with Crippen molar-refractivity contribution < 1.29 is 4.79 Å². The first-order valence-corrected chi connectivity index (χ1v) is 7.41. The predicted molar refractivity (Wildman–Crippen MR) is 83.9 cm³/mol. The second kappa shape index (κ2) is 5.88. The molecule has 3 rings (SSSR count). The van der Waals surface area contributed by atoms with Gasteiger partial charge in [-0.05, 0) is 30.4 Å². The Morgan fingerprint density at radius 3 is 2.77 bits per heavy atom. The number of amidine groups is 1. The third-order valence-corrected chi connectivity index (χ3v) is 3.93. The number of aromatic nitrogens is 3. The molecule has 0 spiro atoms. The van der Waals surface area contributed by atoms with Gasteiger partial charge >= 0.3 is 0 Å². The van der Waals surface area contributed by atoms with Crippen LogP contribution in [0.2, 0.25) is 5.15 Å². The molecule has 0 aromatic carbocycles. The molecule has 1 aliphatic rings. The van der Waals surface area contributed by atoms with Crippen LogP contribution in [0.15, 0.2) is 35.7 Å². The van der Waals surface area contributed by atoms with Crippen LogP contribution in [0.5, 0.6) is 0 Å². The molecule has 1 aliphatic carbocycles. The number of nitrogens with two attached hydrogens (primary N) is 1. The molecule has 1 fully saturated rings. The molecule has 2 aromatic rings. The number of nitrogens with zero attached hydrogens (tertiary/aromatic N) is 4. The van der Waals surface area contributed by atoms with Gasteiger partial charge in [0.2, 0.25) is 0 Å². The summed E-state index contributed by atoms with van der Waals surface area (Å²) in [5, 5.41) is 4.40. The van der Waals surface area contributed by atoms with Crippen LogP contribution in [0.25, 0.3) is 0 Å². The van der Waals surface area contributed by atoms with E-state index in [4.69, 9.17) is 17.3 Å². The van der Waals surface area contributed by atoms with E-state index >= 15 is 0 Å². The lowest BCUT2D eigenvalue weighted by atomic mass is 9.94. The van der Waals surface area contributed by atoms with Gasteiger partial charge < -0.3 is 5.73 Å². The van der Waals surface area contributed by atoms with Gasteiger partial charge in [-0.25, -0.2) is 4.98 Å². The molecule has 0 saturated heterocycles. The van der Waals surface area contributed by atoms with E-state index in [0.717, 1.165) is 18.4 Å². The van der Waals surface area contributed by atoms with Crippen LogP contribution in [0.1, 0.15) is 34.7 Å². The minimum absolute atomic E-state index is 0.0922. The van der Waals surface area contributed by atoms with Crippen LogP contribution in [0.4, 0.5) is 0 Å². The second-order valence-corrected chi connectivity index (χ2v) is 5.86. The lowest BCUT2D eigenvalue weighted by Gasteiger charge is -2.15. The highest BCUT2D eigenvalue weighted by Crippen LogP contribution is 2.42. The van der Waals surface area contributed by atoms with Gasteiger partial charge in [0.15, 0.2) is 0 Å². The monoisotopic (exact) mass is 317 g/mol. The van der Waals surface area contributed by atoms with Crippen LogP contribution < -0.4 is 5.73 Å². The van der Waals surface area contributed by atoms with Crippen LogP contribution in [0.3, 0.4) is 0 Å². The number of amides is 1. The molecule has 1 unspecified atom stereocenters. The summed E-state index contributed by atoms with van der Waals surface area (Å²) in [6, 6.07) is 3.61. The predicted octanol–water partition coefficient (Wildman–Crippen LogP) is 2.16. The molecular formula is C15H16ClN5O. The summed E-state index contributed by atoms with van der Waals surface area (Å²) >= 11 is 5.82. The van der Waals surface area contributed by atoms with E-state index in [1.807, 2.05) is 6.07 Å². The Morgan fingerprint density at radius 1 is 1.45 bits per heavy atom. The smallest absolute Gasteiger partial charge is 0.281 e. The Labute approximate surface area is 133 Å². The third kappa shape index (κ3) is 3.17. The van der Waals surface area contributed by atoms with E-state index in [1.165, 1.54) is 6.20 Å².